The fraction of sp³-hybridized carbons (Fsp3) is 0.133. The lowest BCUT2D eigenvalue weighted by Crippen LogP contribution is -2.35. The lowest BCUT2D eigenvalue weighted by atomic mass is 10.1. The molecule has 0 aliphatic heterocycles. The van der Waals surface area contributed by atoms with Gasteiger partial charge < -0.3 is 9.73 Å². The van der Waals surface area contributed by atoms with Crippen LogP contribution in [0, 0.1) is 0 Å². The number of rotatable bonds is 5. The zero-order valence-corrected chi connectivity index (χ0v) is 13.4. The normalized spacial score (nSPS) is 11.1. The van der Waals surface area contributed by atoms with Crippen LogP contribution >= 0.6 is 15.9 Å². The molecule has 0 fully saturated rings. The molecule has 22 heavy (non-hydrogen) atoms. The molecule has 7 heteroatoms. The number of carbonyl (C=O) groups is 2. The molecule has 6 nitrogen and oxygen atoms in total. The van der Waals surface area contributed by atoms with Gasteiger partial charge in [-0.25, -0.2) is 5.43 Å². The van der Waals surface area contributed by atoms with Gasteiger partial charge in [-0.1, -0.05) is 28.1 Å². The van der Waals surface area contributed by atoms with Crippen LogP contribution in [-0.2, 0) is 4.79 Å². The maximum atomic E-state index is 11.6. The number of hydrogen-bond acceptors (Lipinski definition) is 4. The molecular weight excluding hydrogens is 350 g/mol. The number of carbonyl (C=O) groups excluding carboxylic acids is 2. The largest absolute Gasteiger partial charge is 0.459 e. The predicted molar refractivity (Wildman–Crippen MR) is 85.5 cm³/mol. The zero-order valence-electron chi connectivity index (χ0n) is 11.8. The highest BCUT2D eigenvalue weighted by atomic mass is 79.9. The molecule has 2 amide bonds. The van der Waals surface area contributed by atoms with Crippen molar-refractivity contribution < 1.29 is 14.0 Å². The molecule has 2 N–H and O–H groups in total. The van der Waals surface area contributed by atoms with Crippen LogP contribution in [0.5, 0.6) is 0 Å². The first-order valence-corrected chi connectivity index (χ1v) is 7.26. The Hall–Kier alpha value is -2.41. The fourth-order valence-electron chi connectivity index (χ4n) is 1.60. The van der Waals surface area contributed by atoms with E-state index in [1.165, 1.54) is 12.3 Å². The van der Waals surface area contributed by atoms with Crippen LogP contribution in [0.3, 0.4) is 0 Å². The van der Waals surface area contributed by atoms with E-state index in [1.54, 1.807) is 13.0 Å². The van der Waals surface area contributed by atoms with Gasteiger partial charge in [0.25, 0.3) is 11.8 Å². The third kappa shape index (κ3) is 4.56. The number of nitrogens with one attached hydrogen (secondary N) is 2. The maximum Gasteiger partial charge on any atom is 0.287 e. The van der Waals surface area contributed by atoms with Crippen LogP contribution in [0.4, 0.5) is 0 Å². The molecule has 0 saturated heterocycles. The summed E-state index contributed by atoms with van der Waals surface area (Å²) in [5.41, 5.74) is 3.94. The van der Waals surface area contributed by atoms with Crippen molar-refractivity contribution in [1.29, 1.82) is 0 Å². The summed E-state index contributed by atoms with van der Waals surface area (Å²) in [7, 11) is 0. The van der Waals surface area contributed by atoms with Crippen molar-refractivity contribution in [3.8, 4) is 0 Å². The van der Waals surface area contributed by atoms with Crippen molar-refractivity contribution in [2.24, 2.45) is 5.10 Å². The Morgan fingerprint density at radius 3 is 2.59 bits per heavy atom. The van der Waals surface area contributed by atoms with Crippen LogP contribution in [0.2, 0.25) is 0 Å². The van der Waals surface area contributed by atoms with Gasteiger partial charge >= 0.3 is 0 Å². The Morgan fingerprint density at radius 2 is 1.95 bits per heavy atom. The molecule has 0 aliphatic carbocycles. The Bertz CT molecular complexity index is 679. The third-order valence-corrected chi connectivity index (χ3v) is 3.29. The molecule has 0 radical (unpaired) electrons. The summed E-state index contributed by atoms with van der Waals surface area (Å²) in [6.45, 7) is 1.60. The Morgan fingerprint density at radius 1 is 1.23 bits per heavy atom. The van der Waals surface area contributed by atoms with Crippen molar-refractivity contribution >= 4 is 33.5 Å². The molecule has 0 aliphatic rings. The smallest absolute Gasteiger partial charge is 0.287 e. The summed E-state index contributed by atoms with van der Waals surface area (Å²) in [4.78, 5) is 23.2. The topological polar surface area (TPSA) is 83.7 Å². The first-order valence-electron chi connectivity index (χ1n) is 6.47. The first kappa shape index (κ1) is 16.0. The first-order chi connectivity index (χ1) is 10.6. The number of hydrogen-bond donors (Lipinski definition) is 2. The van der Waals surface area contributed by atoms with Crippen molar-refractivity contribution in [3.05, 3.63) is 58.5 Å². The number of furan rings is 1. The minimum Gasteiger partial charge on any atom is -0.459 e. The van der Waals surface area contributed by atoms with Gasteiger partial charge in [-0.15, -0.1) is 0 Å². The van der Waals surface area contributed by atoms with E-state index in [2.05, 4.69) is 31.8 Å². The highest BCUT2D eigenvalue weighted by molar-refractivity contribution is 9.10. The highest BCUT2D eigenvalue weighted by Crippen LogP contribution is 2.10. The summed E-state index contributed by atoms with van der Waals surface area (Å²) in [6, 6.07) is 10.7. The van der Waals surface area contributed by atoms with Gasteiger partial charge in [0.1, 0.15) is 0 Å². The monoisotopic (exact) mass is 363 g/mol. The average molecular weight is 364 g/mol. The van der Waals surface area contributed by atoms with Gasteiger partial charge in [-0.05, 0) is 36.8 Å². The van der Waals surface area contributed by atoms with Crippen molar-refractivity contribution in [3.63, 3.8) is 0 Å². The molecule has 2 rings (SSSR count). The number of nitrogens with zero attached hydrogens (tertiary/aromatic N) is 1. The second-order valence-corrected chi connectivity index (χ2v) is 5.31. The SMILES string of the molecule is C/C(=N\NC(=O)CNC(=O)c1ccco1)c1ccc(Br)cc1. The summed E-state index contributed by atoms with van der Waals surface area (Å²) in [6.07, 6.45) is 1.39. The van der Waals surface area contributed by atoms with Gasteiger partial charge in [0.15, 0.2) is 5.76 Å². The van der Waals surface area contributed by atoms with Gasteiger partial charge in [0.05, 0.1) is 18.5 Å². The standard InChI is InChI=1S/C15H14BrN3O3/c1-10(11-4-6-12(16)7-5-11)18-19-14(20)9-17-15(21)13-3-2-8-22-13/h2-8H,9H2,1H3,(H,17,21)(H,19,20)/b18-10+. The Balaban J connectivity index is 1.83. The minimum absolute atomic E-state index is 0.155. The lowest BCUT2D eigenvalue weighted by molar-refractivity contribution is -0.120. The van der Waals surface area contributed by atoms with E-state index in [9.17, 15) is 9.59 Å². The number of halogens is 1. The molecule has 0 spiro atoms. The third-order valence-electron chi connectivity index (χ3n) is 2.76. The van der Waals surface area contributed by atoms with E-state index in [1.807, 2.05) is 24.3 Å². The Kier molecular flexibility index (Phi) is 5.48. The van der Waals surface area contributed by atoms with Crippen LogP contribution in [-0.4, -0.2) is 24.1 Å². The van der Waals surface area contributed by atoms with E-state index >= 15 is 0 Å². The highest BCUT2D eigenvalue weighted by Gasteiger charge is 2.09. The van der Waals surface area contributed by atoms with E-state index in [0.29, 0.717) is 5.71 Å². The van der Waals surface area contributed by atoms with Gasteiger partial charge in [-0.2, -0.15) is 5.10 Å². The molecule has 2 aromatic rings. The molecule has 1 aromatic carbocycles. The van der Waals surface area contributed by atoms with E-state index < -0.39 is 11.8 Å². The molecule has 0 saturated carbocycles. The van der Waals surface area contributed by atoms with Gasteiger partial charge in [0, 0.05) is 4.47 Å². The molecule has 0 bridgehead atoms. The molecule has 1 heterocycles. The van der Waals surface area contributed by atoms with Crippen LogP contribution < -0.4 is 10.7 Å². The second-order valence-electron chi connectivity index (χ2n) is 4.40. The van der Waals surface area contributed by atoms with Crippen molar-refractivity contribution in [2.45, 2.75) is 6.92 Å². The Labute approximate surface area is 135 Å². The maximum absolute atomic E-state index is 11.6. The molecular formula is C15H14BrN3O3. The fourth-order valence-corrected chi connectivity index (χ4v) is 1.86. The number of hydrazone groups is 1. The number of benzene rings is 1. The summed E-state index contributed by atoms with van der Waals surface area (Å²) in [5, 5.41) is 6.43. The number of amides is 2. The zero-order chi connectivity index (χ0) is 15.9. The van der Waals surface area contributed by atoms with Crippen LogP contribution in [0.1, 0.15) is 23.0 Å². The molecule has 1 aromatic heterocycles. The summed E-state index contributed by atoms with van der Waals surface area (Å²) >= 11 is 3.35. The van der Waals surface area contributed by atoms with Crippen LogP contribution in [0.15, 0.2) is 56.7 Å². The summed E-state index contributed by atoms with van der Waals surface area (Å²) < 4.78 is 5.88. The van der Waals surface area contributed by atoms with E-state index in [4.69, 9.17) is 4.42 Å². The van der Waals surface area contributed by atoms with Crippen molar-refractivity contribution in [2.75, 3.05) is 6.54 Å². The summed E-state index contributed by atoms with van der Waals surface area (Å²) in [5.74, 6) is -0.715. The lowest BCUT2D eigenvalue weighted by Gasteiger charge is -2.04. The molecule has 114 valence electrons. The molecule has 0 atom stereocenters. The van der Waals surface area contributed by atoms with Crippen molar-refractivity contribution in [1.82, 2.24) is 10.7 Å². The van der Waals surface area contributed by atoms with E-state index in [0.717, 1.165) is 10.0 Å². The minimum atomic E-state index is -0.450. The van der Waals surface area contributed by atoms with Gasteiger partial charge in [0.2, 0.25) is 0 Å². The average Bonchev–Trinajstić information content (AvgIpc) is 3.05. The van der Waals surface area contributed by atoms with Crippen LogP contribution in [0.25, 0.3) is 0 Å². The predicted octanol–water partition coefficient (Wildman–Crippen LogP) is 2.31. The quantitative estimate of drug-likeness (QED) is 0.631. The second kappa shape index (κ2) is 7.56. The van der Waals surface area contributed by atoms with Gasteiger partial charge in [-0.3, -0.25) is 9.59 Å². The molecule has 0 unspecified atom stereocenters. The van der Waals surface area contributed by atoms with E-state index in [-0.39, 0.29) is 12.3 Å².